The van der Waals surface area contributed by atoms with Crippen molar-refractivity contribution in [3.63, 3.8) is 0 Å². The Morgan fingerprint density at radius 2 is 1.42 bits per heavy atom. The maximum Gasteiger partial charge on any atom is 0.243 e. The van der Waals surface area contributed by atoms with Crippen LogP contribution in [0.25, 0.3) is 0 Å². The van der Waals surface area contributed by atoms with E-state index in [4.69, 9.17) is 0 Å². The van der Waals surface area contributed by atoms with Gasteiger partial charge in [-0.2, -0.15) is 4.31 Å². The molecule has 146 valence electrons. The van der Waals surface area contributed by atoms with E-state index >= 15 is 0 Å². The third-order valence-corrected chi connectivity index (χ3v) is 8.92. The summed E-state index contributed by atoms with van der Waals surface area (Å²) in [4.78, 5) is 0.275. The van der Waals surface area contributed by atoms with Crippen LogP contribution < -0.4 is 4.72 Å². The van der Waals surface area contributed by atoms with Crippen molar-refractivity contribution in [2.45, 2.75) is 67.7 Å². The molecule has 6 nitrogen and oxygen atoms in total. The van der Waals surface area contributed by atoms with E-state index in [0.717, 1.165) is 44.9 Å². The molecule has 1 aliphatic carbocycles. The SMILES string of the molecule is C[C@H]1CCCC[C@H]1NS(=O)(=O)c1ccc(S(=O)(=O)N2CCCCC2)cc1. The highest BCUT2D eigenvalue weighted by Gasteiger charge is 2.28. The van der Waals surface area contributed by atoms with Crippen LogP contribution in [-0.2, 0) is 20.0 Å². The second kappa shape index (κ2) is 7.96. The lowest BCUT2D eigenvalue weighted by Gasteiger charge is -2.29. The fourth-order valence-electron chi connectivity index (χ4n) is 3.80. The molecule has 2 fully saturated rings. The summed E-state index contributed by atoms with van der Waals surface area (Å²) in [6.07, 6.45) is 6.84. The van der Waals surface area contributed by atoms with E-state index < -0.39 is 20.0 Å². The number of benzene rings is 1. The molecule has 0 radical (unpaired) electrons. The molecule has 2 aliphatic rings. The van der Waals surface area contributed by atoms with Crippen molar-refractivity contribution in [2.24, 2.45) is 5.92 Å². The Bertz CT molecular complexity index is 813. The van der Waals surface area contributed by atoms with Crippen molar-refractivity contribution in [1.82, 2.24) is 9.03 Å². The van der Waals surface area contributed by atoms with Gasteiger partial charge >= 0.3 is 0 Å². The highest BCUT2D eigenvalue weighted by molar-refractivity contribution is 7.89. The minimum Gasteiger partial charge on any atom is -0.208 e. The molecule has 0 bridgehead atoms. The highest BCUT2D eigenvalue weighted by atomic mass is 32.2. The molecule has 0 amide bonds. The summed E-state index contributed by atoms with van der Waals surface area (Å²) in [5.74, 6) is 0.317. The van der Waals surface area contributed by atoms with Gasteiger partial charge in [-0.15, -0.1) is 0 Å². The van der Waals surface area contributed by atoms with Crippen LogP contribution in [0.1, 0.15) is 51.9 Å². The molecule has 26 heavy (non-hydrogen) atoms. The van der Waals surface area contributed by atoms with Gasteiger partial charge < -0.3 is 0 Å². The predicted molar refractivity (Wildman–Crippen MR) is 101 cm³/mol. The molecule has 0 aromatic heterocycles. The van der Waals surface area contributed by atoms with Crippen molar-refractivity contribution in [1.29, 1.82) is 0 Å². The number of rotatable bonds is 5. The summed E-state index contributed by atoms with van der Waals surface area (Å²) in [6.45, 7) is 3.13. The summed E-state index contributed by atoms with van der Waals surface area (Å²) in [5, 5.41) is 0. The smallest absolute Gasteiger partial charge is 0.208 e. The van der Waals surface area contributed by atoms with Crippen LogP contribution in [0.2, 0.25) is 0 Å². The monoisotopic (exact) mass is 400 g/mol. The number of hydrogen-bond acceptors (Lipinski definition) is 4. The van der Waals surface area contributed by atoms with Crippen molar-refractivity contribution >= 4 is 20.0 Å². The van der Waals surface area contributed by atoms with E-state index in [2.05, 4.69) is 11.6 Å². The van der Waals surface area contributed by atoms with Crippen molar-refractivity contribution < 1.29 is 16.8 Å². The summed E-state index contributed by atoms with van der Waals surface area (Å²) >= 11 is 0. The number of piperidine rings is 1. The van der Waals surface area contributed by atoms with Gasteiger partial charge in [-0.1, -0.05) is 26.2 Å². The quantitative estimate of drug-likeness (QED) is 0.824. The molecule has 0 spiro atoms. The first kappa shape index (κ1) is 19.8. The molecule has 1 heterocycles. The molecule has 1 aromatic rings. The largest absolute Gasteiger partial charge is 0.243 e. The first-order valence-corrected chi connectivity index (χ1v) is 12.4. The Hall–Kier alpha value is -0.960. The van der Waals surface area contributed by atoms with Crippen LogP contribution in [0.5, 0.6) is 0 Å². The van der Waals surface area contributed by atoms with E-state index in [1.165, 1.54) is 28.6 Å². The average Bonchev–Trinajstić information content (AvgIpc) is 2.64. The fourth-order valence-corrected chi connectivity index (χ4v) is 6.70. The summed E-state index contributed by atoms with van der Waals surface area (Å²) in [5.41, 5.74) is 0. The Kier molecular flexibility index (Phi) is 6.06. The van der Waals surface area contributed by atoms with Crippen LogP contribution in [0.4, 0.5) is 0 Å². The maximum absolute atomic E-state index is 12.7. The Morgan fingerprint density at radius 3 is 2.04 bits per heavy atom. The van der Waals surface area contributed by atoms with Gasteiger partial charge in [0.15, 0.2) is 0 Å². The van der Waals surface area contributed by atoms with Crippen LogP contribution in [0.3, 0.4) is 0 Å². The van der Waals surface area contributed by atoms with Gasteiger partial charge in [-0.05, 0) is 55.9 Å². The Morgan fingerprint density at radius 1 is 0.846 bits per heavy atom. The molecule has 1 aliphatic heterocycles. The van der Waals surface area contributed by atoms with Crippen molar-refractivity contribution in [3.05, 3.63) is 24.3 Å². The van der Waals surface area contributed by atoms with E-state index in [1.807, 2.05) is 0 Å². The molecule has 1 saturated carbocycles. The zero-order valence-electron chi connectivity index (χ0n) is 15.2. The van der Waals surface area contributed by atoms with Gasteiger partial charge in [0.25, 0.3) is 0 Å². The molecule has 2 atom stereocenters. The maximum atomic E-state index is 12.7. The summed E-state index contributed by atoms with van der Waals surface area (Å²) < 4.78 is 54.9. The van der Waals surface area contributed by atoms with Crippen molar-refractivity contribution in [2.75, 3.05) is 13.1 Å². The van der Waals surface area contributed by atoms with E-state index in [1.54, 1.807) is 0 Å². The lowest BCUT2D eigenvalue weighted by atomic mass is 9.87. The second-order valence-corrected chi connectivity index (χ2v) is 11.1. The lowest BCUT2D eigenvalue weighted by Crippen LogP contribution is -2.41. The summed E-state index contributed by atoms with van der Waals surface area (Å²) in [6, 6.07) is 5.55. The molecule has 8 heteroatoms. The molecule has 0 unspecified atom stereocenters. The number of hydrogen-bond donors (Lipinski definition) is 1. The predicted octanol–water partition coefficient (Wildman–Crippen LogP) is 2.72. The average molecular weight is 401 g/mol. The van der Waals surface area contributed by atoms with Gasteiger partial charge in [-0.3, -0.25) is 0 Å². The van der Waals surface area contributed by atoms with Gasteiger partial charge in [-0.25, -0.2) is 21.6 Å². The number of nitrogens with zero attached hydrogens (tertiary/aromatic N) is 1. The molecule has 3 rings (SSSR count). The topological polar surface area (TPSA) is 83.5 Å². The van der Waals surface area contributed by atoms with Crippen LogP contribution in [-0.4, -0.2) is 40.3 Å². The zero-order valence-corrected chi connectivity index (χ0v) is 16.9. The lowest BCUT2D eigenvalue weighted by molar-refractivity contribution is 0.310. The molecule has 1 N–H and O–H groups in total. The Balaban J connectivity index is 1.76. The minimum atomic E-state index is -3.64. The third kappa shape index (κ3) is 4.30. The van der Waals surface area contributed by atoms with Crippen molar-refractivity contribution in [3.8, 4) is 0 Å². The number of nitrogens with one attached hydrogen (secondary N) is 1. The van der Waals surface area contributed by atoms with Crippen LogP contribution in [0.15, 0.2) is 34.1 Å². The standard InChI is InChI=1S/C18H28N2O4S2/c1-15-7-3-4-8-18(15)19-25(21,22)16-9-11-17(12-10-16)26(23,24)20-13-5-2-6-14-20/h9-12,15,18-19H,2-8,13-14H2,1H3/t15-,18+/m0/s1. The van der Waals surface area contributed by atoms with Crippen LogP contribution >= 0.6 is 0 Å². The van der Waals surface area contributed by atoms with E-state index in [0.29, 0.717) is 19.0 Å². The fraction of sp³-hybridized carbons (Fsp3) is 0.667. The minimum absolute atomic E-state index is 0.0505. The zero-order chi connectivity index (χ0) is 18.8. The molecule has 1 saturated heterocycles. The normalized spacial score (nSPS) is 25.9. The second-order valence-electron chi connectivity index (χ2n) is 7.43. The van der Waals surface area contributed by atoms with Gasteiger partial charge in [0, 0.05) is 19.1 Å². The van der Waals surface area contributed by atoms with E-state index in [-0.39, 0.29) is 15.8 Å². The Labute approximate surface area is 157 Å². The molecular formula is C18H28N2O4S2. The van der Waals surface area contributed by atoms with Gasteiger partial charge in [0.1, 0.15) is 0 Å². The van der Waals surface area contributed by atoms with Gasteiger partial charge in [0.05, 0.1) is 9.79 Å². The van der Waals surface area contributed by atoms with Crippen LogP contribution in [0, 0.1) is 5.92 Å². The highest BCUT2D eigenvalue weighted by Crippen LogP contribution is 2.26. The third-order valence-electron chi connectivity index (χ3n) is 5.50. The molecule has 1 aromatic carbocycles. The summed E-state index contributed by atoms with van der Waals surface area (Å²) in [7, 11) is -7.18. The first-order valence-electron chi connectivity index (χ1n) is 9.43. The van der Waals surface area contributed by atoms with E-state index in [9.17, 15) is 16.8 Å². The molecular weight excluding hydrogens is 372 g/mol. The number of sulfonamides is 2. The van der Waals surface area contributed by atoms with Gasteiger partial charge in [0.2, 0.25) is 20.0 Å². The first-order chi connectivity index (χ1) is 12.3.